The average molecular weight is 348 g/mol. The number of rotatable bonds is 5. The summed E-state index contributed by atoms with van der Waals surface area (Å²) in [5, 5.41) is 0. The van der Waals surface area contributed by atoms with Crippen LogP contribution in [-0.2, 0) is 10.1 Å². The Kier molecular flexibility index (Phi) is 5.14. The number of benzene rings is 2. The second kappa shape index (κ2) is 6.92. The van der Waals surface area contributed by atoms with Crippen molar-refractivity contribution in [2.24, 2.45) is 5.73 Å². The molecule has 2 aromatic carbocycles. The first kappa shape index (κ1) is 17.8. The smallest absolute Gasteiger partial charge is 0.339 e. The standard InChI is InChI=1S/C17H20N2O4S/c1-12(2)13-5-4-6-16(11-13)24(21,22)23-15-9-7-14(8-10-15)19(3)17(18)20/h4-12H,1-3H3,(H2,18,20). The van der Waals surface area contributed by atoms with Crippen LogP contribution in [0.3, 0.4) is 0 Å². The molecular weight excluding hydrogens is 328 g/mol. The Morgan fingerprint density at radius 2 is 1.75 bits per heavy atom. The molecule has 0 spiro atoms. The topological polar surface area (TPSA) is 89.7 Å². The van der Waals surface area contributed by atoms with Crippen LogP contribution in [0.15, 0.2) is 53.4 Å². The molecule has 0 aliphatic rings. The molecule has 0 atom stereocenters. The lowest BCUT2D eigenvalue weighted by atomic mass is 10.0. The average Bonchev–Trinajstić information content (AvgIpc) is 2.54. The summed E-state index contributed by atoms with van der Waals surface area (Å²) >= 11 is 0. The lowest BCUT2D eigenvalue weighted by Crippen LogP contribution is -2.31. The quantitative estimate of drug-likeness (QED) is 0.841. The van der Waals surface area contributed by atoms with Crippen LogP contribution in [0.1, 0.15) is 25.3 Å². The van der Waals surface area contributed by atoms with Crippen LogP contribution >= 0.6 is 0 Å². The Morgan fingerprint density at radius 1 is 1.12 bits per heavy atom. The minimum atomic E-state index is -3.92. The number of hydrogen-bond donors (Lipinski definition) is 1. The molecule has 0 saturated heterocycles. The molecule has 0 aliphatic carbocycles. The number of amides is 2. The molecule has 0 unspecified atom stereocenters. The number of carbonyl (C=O) groups is 1. The van der Waals surface area contributed by atoms with Crippen molar-refractivity contribution < 1.29 is 17.4 Å². The molecular formula is C17H20N2O4S. The van der Waals surface area contributed by atoms with Gasteiger partial charge in [-0.2, -0.15) is 8.42 Å². The van der Waals surface area contributed by atoms with Gasteiger partial charge in [0.15, 0.2) is 0 Å². The van der Waals surface area contributed by atoms with E-state index in [0.29, 0.717) is 5.69 Å². The van der Waals surface area contributed by atoms with Gasteiger partial charge >= 0.3 is 16.1 Å². The second-order valence-corrected chi connectivity index (χ2v) is 7.20. The molecule has 6 nitrogen and oxygen atoms in total. The molecule has 128 valence electrons. The fourth-order valence-corrected chi connectivity index (χ4v) is 3.04. The minimum Gasteiger partial charge on any atom is -0.379 e. The maximum Gasteiger partial charge on any atom is 0.339 e. The van der Waals surface area contributed by atoms with E-state index in [1.165, 1.54) is 30.1 Å². The summed E-state index contributed by atoms with van der Waals surface area (Å²) < 4.78 is 29.9. The number of nitrogens with two attached hydrogens (primary N) is 1. The first-order chi connectivity index (χ1) is 11.2. The van der Waals surface area contributed by atoms with E-state index in [1.54, 1.807) is 24.3 Å². The summed E-state index contributed by atoms with van der Waals surface area (Å²) in [5.41, 5.74) is 6.63. The molecule has 7 heteroatoms. The summed E-state index contributed by atoms with van der Waals surface area (Å²) in [6.45, 7) is 3.97. The molecule has 0 aromatic heterocycles. The van der Waals surface area contributed by atoms with Gasteiger partial charge in [0, 0.05) is 12.7 Å². The van der Waals surface area contributed by atoms with E-state index in [4.69, 9.17) is 9.92 Å². The Labute approximate surface area is 142 Å². The lowest BCUT2D eigenvalue weighted by molar-refractivity contribution is 0.255. The molecule has 0 heterocycles. The molecule has 2 amide bonds. The zero-order chi connectivity index (χ0) is 17.9. The maximum atomic E-state index is 12.4. The monoisotopic (exact) mass is 348 g/mol. The third-order valence-corrected chi connectivity index (χ3v) is 4.82. The number of urea groups is 1. The molecule has 2 N–H and O–H groups in total. The van der Waals surface area contributed by atoms with Crippen LogP contribution in [0.4, 0.5) is 10.5 Å². The van der Waals surface area contributed by atoms with E-state index in [9.17, 15) is 13.2 Å². The van der Waals surface area contributed by atoms with Crippen LogP contribution < -0.4 is 14.8 Å². The van der Waals surface area contributed by atoms with Crippen molar-refractivity contribution in [3.8, 4) is 5.75 Å². The fourth-order valence-electron chi connectivity index (χ4n) is 2.06. The summed E-state index contributed by atoms with van der Waals surface area (Å²) in [7, 11) is -2.40. The summed E-state index contributed by atoms with van der Waals surface area (Å²) in [6, 6.07) is 12.1. The van der Waals surface area contributed by atoms with Gasteiger partial charge in [0.25, 0.3) is 0 Å². The van der Waals surface area contributed by atoms with Crippen LogP contribution in [0.25, 0.3) is 0 Å². The predicted octanol–water partition coefficient (Wildman–Crippen LogP) is 3.09. The molecule has 0 bridgehead atoms. The van der Waals surface area contributed by atoms with Crippen LogP contribution in [0, 0.1) is 0 Å². The number of nitrogens with zero attached hydrogens (tertiary/aromatic N) is 1. The van der Waals surface area contributed by atoms with Gasteiger partial charge < -0.3 is 9.92 Å². The van der Waals surface area contributed by atoms with Gasteiger partial charge in [-0.3, -0.25) is 4.90 Å². The van der Waals surface area contributed by atoms with E-state index in [2.05, 4.69) is 0 Å². The Bertz CT molecular complexity index is 830. The van der Waals surface area contributed by atoms with Crippen LogP contribution in [0.2, 0.25) is 0 Å². The van der Waals surface area contributed by atoms with Gasteiger partial charge in [0.1, 0.15) is 10.6 Å². The van der Waals surface area contributed by atoms with Crippen molar-refractivity contribution in [3.63, 3.8) is 0 Å². The van der Waals surface area contributed by atoms with Gasteiger partial charge in [-0.1, -0.05) is 26.0 Å². The molecule has 2 aromatic rings. The predicted molar refractivity (Wildman–Crippen MR) is 92.8 cm³/mol. The fraction of sp³-hybridized carbons (Fsp3) is 0.235. The van der Waals surface area contributed by atoms with Crippen molar-refractivity contribution in [2.45, 2.75) is 24.7 Å². The third kappa shape index (κ3) is 4.05. The van der Waals surface area contributed by atoms with Gasteiger partial charge in [0.05, 0.1) is 0 Å². The van der Waals surface area contributed by atoms with Crippen LogP contribution in [0.5, 0.6) is 5.75 Å². The van der Waals surface area contributed by atoms with E-state index in [1.807, 2.05) is 19.9 Å². The normalized spacial score (nSPS) is 11.3. The van der Waals surface area contributed by atoms with Crippen molar-refractivity contribution in [1.82, 2.24) is 0 Å². The van der Waals surface area contributed by atoms with E-state index >= 15 is 0 Å². The Morgan fingerprint density at radius 3 is 2.29 bits per heavy atom. The number of anilines is 1. The van der Waals surface area contributed by atoms with E-state index < -0.39 is 16.1 Å². The molecule has 0 fully saturated rings. The summed E-state index contributed by atoms with van der Waals surface area (Å²) in [4.78, 5) is 12.5. The molecule has 0 aliphatic heterocycles. The number of carbonyl (C=O) groups excluding carboxylic acids is 1. The highest BCUT2D eigenvalue weighted by Crippen LogP contribution is 2.24. The number of primary amides is 1. The molecule has 2 rings (SSSR count). The highest BCUT2D eigenvalue weighted by molar-refractivity contribution is 7.87. The van der Waals surface area contributed by atoms with Gasteiger partial charge in [0.2, 0.25) is 0 Å². The van der Waals surface area contributed by atoms with Crippen molar-refractivity contribution in [2.75, 3.05) is 11.9 Å². The van der Waals surface area contributed by atoms with Crippen molar-refractivity contribution in [1.29, 1.82) is 0 Å². The molecule has 0 saturated carbocycles. The third-order valence-electron chi connectivity index (χ3n) is 3.57. The van der Waals surface area contributed by atoms with Gasteiger partial charge in [-0.25, -0.2) is 4.79 Å². The zero-order valence-electron chi connectivity index (χ0n) is 13.8. The van der Waals surface area contributed by atoms with Gasteiger partial charge in [-0.15, -0.1) is 0 Å². The van der Waals surface area contributed by atoms with Crippen molar-refractivity contribution in [3.05, 3.63) is 54.1 Å². The highest BCUT2D eigenvalue weighted by atomic mass is 32.2. The lowest BCUT2D eigenvalue weighted by Gasteiger charge is -2.15. The maximum absolute atomic E-state index is 12.4. The first-order valence-corrected chi connectivity index (χ1v) is 8.79. The molecule has 24 heavy (non-hydrogen) atoms. The van der Waals surface area contributed by atoms with E-state index in [0.717, 1.165) is 5.56 Å². The Balaban J connectivity index is 2.23. The zero-order valence-corrected chi connectivity index (χ0v) is 14.6. The SMILES string of the molecule is CC(C)c1cccc(S(=O)(=O)Oc2ccc(N(C)C(N)=O)cc2)c1. The van der Waals surface area contributed by atoms with Crippen LogP contribution in [-0.4, -0.2) is 21.5 Å². The number of hydrogen-bond acceptors (Lipinski definition) is 4. The largest absolute Gasteiger partial charge is 0.379 e. The molecule has 0 radical (unpaired) electrons. The second-order valence-electron chi connectivity index (χ2n) is 5.66. The minimum absolute atomic E-state index is 0.104. The van der Waals surface area contributed by atoms with Gasteiger partial charge in [-0.05, 0) is 47.9 Å². The highest BCUT2D eigenvalue weighted by Gasteiger charge is 2.18. The Hall–Kier alpha value is -2.54. The first-order valence-electron chi connectivity index (χ1n) is 7.38. The van der Waals surface area contributed by atoms with Crippen molar-refractivity contribution >= 4 is 21.8 Å². The van der Waals surface area contributed by atoms with E-state index in [-0.39, 0.29) is 16.6 Å². The summed E-state index contributed by atoms with van der Waals surface area (Å²) in [6.07, 6.45) is 0. The summed E-state index contributed by atoms with van der Waals surface area (Å²) in [5.74, 6) is 0.371.